The lowest BCUT2D eigenvalue weighted by atomic mass is 9.99. The number of anilines is 1. The summed E-state index contributed by atoms with van der Waals surface area (Å²) in [7, 11) is -2.09. The molecule has 0 bridgehead atoms. The lowest BCUT2D eigenvalue weighted by Crippen LogP contribution is -2.53. The van der Waals surface area contributed by atoms with E-state index in [1.54, 1.807) is 6.20 Å². The Kier molecular flexibility index (Phi) is 6.19. The van der Waals surface area contributed by atoms with E-state index in [2.05, 4.69) is 20.8 Å². The van der Waals surface area contributed by atoms with Gasteiger partial charge >= 0.3 is 6.18 Å². The molecule has 7 nitrogen and oxygen atoms in total. The normalized spacial score (nSPS) is 26.9. The number of alkyl halides is 3. The molecule has 4 heterocycles. The number of piperazine rings is 1. The Morgan fingerprint density at radius 3 is 2.44 bits per heavy atom. The highest BCUT2D eigenvalue weighted by molar-refractivity contribution is 8.00. The van der Waals surface area contributed by atoms with Crippen LogP contribution in [-0.2, 0) is 20.5 Å². The van der Waals surface area contributed by atoms with E-state index < -0.39 is 21.4 Å². The maximum atomic E-state index is 13.4. The maximum absolute atomic E-state index is 13.4. The summed E-state index contributed by atoms with van der Waals surface area (Å²) in [6.07, 6.45) is 0.155. The molecule has 0 aliphatic carbocycles. The van der Waals surface area contributed by atoms with Crippen molar-refractivity contribution in [2.24, 2.45) is 5.92 Å². The van der Waals surface area contributed by atoms with Crippen LogP contribution < -0.4 is 4.90 Å². The average Bonchev–Trinajstić information content (AvgIpc) is 3.18. The van der Waals surface area contributed by atoms with Gasteiger partial charge in [0.1, 0.15) is 16.9 Å². The number of hydrogen-bond donors (Lipinski definition) is 0. The van der Waals surface area contributed by atoms with Crippen LogP contribution in [0.4, 0.5) is 19.0 Å². The Morgan fingerprint density at radius 1 is 1.16 bits per heavy atom. The molecule has 0 N–H and O–H groups in total. The second-order valence-corrected chi connectivity index (χ2v) is 12.2. The highest BCUT2D eigenvalue weighted by Gasteiger charge is 2.38. The largest absolute Gasteiger partial charge is 0.434 e. The third-order valence-corrected chi connectivity index (χ3v) is 8.84. The van der Waals surface area contributed by atoms with Gasteiger partial charge in [0.15, 0.2) is 5.69 Å². The number of amides is 1. The van der Waals surface area contributed by atoms with Gasteiger partial charge in [-0.1, -0.05) is 0 Å². The van der Waals surface area contributed by atoms with Crippen molar-refractivity contribution < 1.29 is 22.2 Å². The summed E-state index contributed by atoms with van der Waals surface area (Å²) >= 11 is 1.49. The number of carbonyl (C=O) groups excluding carboxylic acids is 1. The van der Waals surface area contributed by atoms with Gasteiger partial charge in [-0.25, -0.2) is 15.0 Å². The fourth-order valence-corrected chi connectivity index (χ4v) is 6.58. The van der Waals surface area contributed by atoms with Crippen molar-refractivity contribution in [2.45, 2.75) is 32.0 Å². The number of aryl methyl sites for hydroxylation is 1. The number of carbonyl (C=O) groups is 1. The zero-order valence-electron chi connectivity index (χ0n) is 17.5. The summed E-state index contributed by atoms with van der Waals surface area (Å²) in [5.41, 5.74) is -1.04. The molecule has 1 atom stereocenters. The number of halogens is 3. The first-order valence-corrected chi connectivity index (χ1v) is 13.1. The summed E-state index contributed by atoms with van der Waals surface area (Å²) in [6, 6.07) is -0.343. The van der Waals surface area contributed by atoms with Gasteiger partial charge in [-0.2, -0.15) is 13.2 Å². The van der Waals surface area contributed by atoms with Crippen LogP contribution >= 0.6 is 11.3 Å². The predicted octanol–water partition coefficient (Wildman–Crippen LogP) is 2.78. The van der Waals surface area contributed by atoms with Crippen molar-refractivity contribution in [1.29, 1.82) is 0 Å². The third-order valence-electron chi connectivity index (χ3n) is 5.87. The Morgan fingerprint density at radius 2 is 1.88 bits per heavy atom. The second-order valence-electron chi connectivity index (χ2n) is 8.21. The quantitative estimate of drug-likeness (QED) is 0.620. The smallest absolute Gasteiger partial charge is 0.351 e. The van der Waals surface area contributed by atoms with Gasteiger partial charge in [0, 0.05) is 48.1 Å². The van der Waals surface area contributed by atoms with Crippen LogP contribution in [0, 0.1) is 12.8 Å². The van der Waals surface area contributed by atoms with E-state index in [-0.39, 0.29) is 17.9 Å². The molecule has 2 fully saturated rings. The number of hydrogen-bond acceptors (Lipinski definition) is 7. The van der Waals surface area contributed by atoms with Gasteiger partial charge in [-0.05, 0) is 35.2 Å². The Hall–Kier alpha value is -2.21. The third kappa shape index (κ3) is 4.90. The monoisotopic (exact) mass is 487 g/mol. The van der Waals surface area contributed by atoms with Gasteiger partial charge in [0.05, 0.1) is 12.4 Å². The molecule has 1 amide bonds. The molecule has 12 heteroatoms. The Labute approximate surface area is 188 Å². The molecule has 2 aliphatic heterocycles. The number of rotatable bonds is 3. The zero-order valence-corrected chi connectivity index (χ0v) is 19.2. The highest BCUT2D eigenvalue weighted by Crippen LogP contribution is 2.34. The minimum Gasteiger partial charge on any atom is -0.351 e. The summed E-state index contributed by atoms with van der Waals surface area (Å²) in [6.45, 7) is 3.10. The lowest BCUT2D eigenvalue weighted by Gasteiger charge is -2.42. The van der Waals surface area contributed by atoms with Crippen LogP contribution in [0.25, 0.3) is 0 Å². The van der Waals surface area contributed by atoms with Crippen molar-refractivity contribution in [3.63, 3.8) is 0 Å². The van der Waals surface area contributed by atoms with Crippen molar-refractivity contribution in [2.75, 3.05) is 36.0 Å². The summed E-state index contributed by atoms with van der Waals surface area (Å²) in [4.78, 5) is 30.0. The average molecular weight is 488 g/mol. The minimum absolute atomic E-state index is 0.0101. The summed E-state index contributed by atoms with van der Waals surface area (Å²) in [5.74, 6) is 4.81. The molecule has 2 saturated heterocycles. The minimum atomic E-state index is -4.55. The van der Waals surface area contributed by atoms with Gasteiger partial charge in [-0.3, -0.25) is 9.00 Å². The molecule has 4 rings (SSSR count). The van der Waals surface area contributed by atoms with Crippen molar-refractivity contribution >= 4 is 38.5 Å². The lowest BCUT2D eigenvalue weighted by molar-refractivity contribution is -0.141. The SMILES string of the molecule is C=S1(=O)CCC(C(=O)N2CCN(c3cnc(C(F)(F)F)cn3)CC2c2ncc(C)s2)CC1. The van der Waals surface area contributed by atoms with Gasteiger partial charge in [0.2, 0.25) is 5.91 Å². The Bertz CT molecular complexity index is 1070. The van der Waals surface area contributed by atoms with Crippen LogP contribution in [-0.4, -0.2) is 67.0 Å². The molecule has 2 aromatic rings. The molecule has 0 aromatic carbocycles. The van der Waals surface area contributed by atoms with Gasteiger partial charge in [0.25, 0.3) is 0 Å². The van der Waals surface area contributed by atoms with Crippen molar-refractivity contribution in [3.8, 4) is 0 Å². The van der Waals surface area contributed by atoms with Crippen molar-refractivity contribution in [1.82, 2.24) is 19.9 Å². The van der Waals surface area contributed by atoms with E-state index in [1.807, 2.05) is 16.7 Å². The fraction of sp³-hybridized carbons (Fsp3) is 0.550. The molecule has 0 radical (unpaired) electrons. The molecule has 2 aliphatic rings. The Balaban J connectivity index is 1.55. The van der Waals surface area contributed by atoms with E-state index in [9.17, 15) is 22.2 Å². The number of aromatic nitrogens is 3. The molecule has 0 spiro atoms. The molecule has 0 saturated carbocycles. The number of nitrogens with zero attached hydrogens (tertiary/aromatic N) is 5. The molecule has 1 unspecified atom stereocenters. The first-order chi connectivity index (χ1) is 15.0. The summed E-state index contributed by atoms with van der Waals surface area (Å²) < 4.78 is 50.7. The first-order valence-electron chi connectivity index (χ1n) is 10.2. The topological polar surface area (TPSA) is 79.3 Å². The van der Waals surface area contributed by atoms with E-state index in [0.29, 0.717) is 49.8 Å². The predicted molar refractivity (Wildman–Crippen MR) is 118 cm³/mol. The highest BCUT2D eigenvalue weighted by atomic mass is 32.2. The summed E-state index contributed by atoms with van der Waals surface area (Å²) in [5, 5.41) is 0.775. The van der Waals surface area contributed by atoms with Gasteiger partial charge in [-0.15, -0.1) is 11.3 Å². The first kappa shape index (κ1) is 23.0. The van der Waals surface area contributed by atoms with E-state index in [1.165, 1.54) is 11.3 Å². The second kappa shape index (κ2) is 8.62. The van der Waals surface area contributed by atoms with Crippen LogP contribution in [0.3, 0.4) is 0 Å². The fourth-order valence-electron chi connectivity index (χ4n) is 4.07. The van der Waals surface area contributed by atoms with E-state index in [0.717, 1.165) is 22.3 Å². The van der Waals surface area contributed by atoms with Crippen LogP contribution in [0.5, 0.6) is 0 Å². The molecule has 2 aromatic heterocycles. The van der Waals surface area contributed by atoms with Crippen LogP contribution in [0.2, 0.25) is 0 Å². The molecular weight excluding hydrogens is 463 g/mol. The van der Waals surface area contributed by atoms with Crippen LogP contribution in [0.15, 0.2) is 18.6 Å². The maximum Gasteiger partial charge on any atom is 0.434 e. The molecular formula is C20H24F3N5O2S2. The molecule has 32 heavy (non-hydrogen) atoms. The van der Waals surface area contributed by atoms with Gasteiger partial charge < -0.3 is 9.80 Å². The van der Waals surface area contributed by atoms with Crippen LogP contribution in [0.1, 0.15) is 34.5 Å². The number of thiazole rings is 1. The molecule has 174 valence electrons. The zero-order chi connectivity index (χ0) is 23.1. The van der Waals surface area contributed by atoms with E-state index in [4.69, 9.17) is 0 Å². The standard InChI is InChI=1S/C20H24F3N5O2S2/c1-13-9-26-18(31-13)15-12-27(17-11-24-16(10-25-17)20(21,22)23)5-6-28(15)19(29)14-3-7-32(2,30)8-4-14/h9-11,14-15H,2-8,12H2,1H3. The van der Waals surface area contributed by atoms with Crippen molar-refractivity contribution in [3.05, 3.63) is 34.2 Å². The van der Waals surface area contributed by atoms with E-state index >= 15 is 0 Å².